The van der Waals surface area contributed by atoms with Gasteiger partial charge in [-0.15, -0.1) is 0 Å². The van der Waals surface area contributed by atoms with Crippen LogP contribution < -0.4 is 10.5 Å². The number of rotatable bonds is 5. The number of benzene rings is 1. The van der Waals surface area contributed by atoms with Crippen LogP contribution in [0.5, 0.6) is 5.75 Å². The summed E-state index contributed by atoms with van der Waals surface area (Å²) in [4.78, 5) is 28.4. The smallest absolute Gasteiger partial charge is 0.236 e. The van der Waals surface area contributed by atoms with Crippen molar-refractivity contribution in [3.05, 3.63) is 29.8 Å². The van der Waals surface area contributed by atoms with Crippen LogP contribution in [0, 0.1) is 5.92 Å². The summed E-state index contributed by atoms with van der Waals surface area (Å²) in [6.45, 7) is 2.65. The highest BCUT2D eigenvalue weighted by atomic mass is 16.5. The lowest BCUT2D eigenvalue weighted by molar-refractivity contribution is -0.136. The second kappa shape index (κ2) is 9.22. The zero-order valence-electron chi connectivity index (χ0n) is 16.2. The number of hydrogen-bond donors (Lipinski definition) is 1. The first-order valence-electron chi connectivity index (χ1n) is 10.0. The molecule has 148 valence electrons. The third kappa shape index (κ3) is 5.01. The fourth-order valence-electron chi connectivity index (χ4n) is 4.25. The number of hydrogen-bond acceptors (Lipinski definition) is 4. The first-order chi connectivity index (χ1) is 13.1. The lowest BCUT2D eigenvalue weighted by atomic mass is 9.96. The van der Waals surface area contributed by atoms with E-state index in [1.807, 2.05) is 17.0 Å². The summed E-state index contributed by atoms with van der Waals surface area (Å²) in [5, 5.41) is 0. The van der Waals surface area contributed by atoms with Crippen molar-refractivity contribution < 1.29 is 14.3 Å². The molecule has 1 aromatic carbocycles. The molecule has 27 heavy (non-hydrogen) atoms. The zero-order chi connectivity index (χ0) is 19.2. The summed E-state index contributed by atoms with van der Waals surface area (Å²) < 4.78 is 5.27. The first kappa shape index (κ1) is 19.7. The number of nitrogens with zero attached hydrogens (tertiary/aromatic N) is 2. The Morgan fingerprint density at radius 3 is 2.37 bits per heavy atom. The normalized spacial score (nSPS) is 22.3. The average molecular weight is 373 g/mol. The second-order valence-corrected chi connectivity index (χ2v) is 7.67. The van der Waals surface area contributed by atoms with E-state index in [1.165, 1.54) is 18.4 Å². The van der Waals surface area contributed by atoms with Crippen LogP contribution in [0.15, 0.2) is 24.3 Å². The number of carbonyl (C=O) groups excluding carboxylic acids is 2. The standard InChI is InChI=1S/C21H31N3O3/c1-27-18-8-6-16(7-9-18)19-5-3-2-4-12-24(19)15-20(25)23-13-10-17(11-14-23)21(22)26/h6-9,17,19H,2-5,10-15H2,1H3,(H2,22,26). The van der Waals surface area contributed by atoms with Crippen LogP contribution in [0.4, 0.5) is 0 Å². The Morgan fingerprint density at radius 1 is 1.04 bits per heavy atom. The molecule has 2 N–H and O–H groups in total. The number of likely N-dealkylation sites (tertiary alicyclic amines) is 2. The van der Waals surface area contributed by atoms with Crippen molar-refractivity contribution in [2.24, 2.45) is 11.7 Å². The molecule has 0 bridgehead atoms. The molecular formula is C21H31N3O3. The van der Waals surface area contributed by atoms with E-state index >= 15 is 0 Å². The largest absolute Gasteiger partial charge is 0.497 e. The van der Waals surface area contributed by atoms with Crippen LogP contribution in [-0.2, 0) is 9.59 Å². The minimum absolute atomic E-state index is 0.0840. The molecule has 0 aliphatic carbocycles. The SMILES string of the molecule is COc1ccc(C2CCCCCN2CC(=O)N2CCC(C(N)=O)CC2)cc1. The first-order valence-corrected chi connectivity index (χ1v) is 10.0. The van der Waals surface area contributed by atoms with Crippen molar-refractivity contribution in [1.29, 1.82) is 0 Å². The Hall–Kier alpha value is -2.08. The van der Waals surface area contributed by atoms with Crippen molar-refractivity contribution >= 4 is 11.8 Å². The van der Waals surface area contributed by atoms with Gasteiger partial charge >= 0.3 is 0 Å². The monoisotopic (exact) mass is 373 g/mol. The van der Waals surface area contributed by atoms with E-state index in [0.29, 0.717) is 32.5 Å². The molecule has 2 heterocycles. The molecule has 0 spiro atoms. The number of piperidine rings is 1. The van der Waals surface area contributed by atoms with E-state index < -0.39 is 0 Å². The predicted molar refractivity (Wildman–Crippen MR) is 104 cm³/mol. The maximum Gasteiger partial charge on any atom is 0.236 e. The lowest BCUT2D eigenvalue weighted by Gasteiger charge is -2.35. The highest BCUT2D eigenvalue weighted by Crippen LogP contribution is 2.31. The molecule has 2 fully saturated rings. The molecule has 0 radical (unpaired) electrons. The minimum atomic E-state index is -0.241. The van der Waals surface area contributed by atoms with Gasteiger partial charge in [0.1, 0.15) is 5.75 Å². The van der Waals surface area contributed by atoms with Crippen molar-refractivity contribution in [3.8, 4) is 5.75 Å². The van der Waals surface area contributed by atoms with Gasteiger partial charge in [-0.25, -0.2) is 0 Å². The second-order valence-electron chi connectivity index (χ2n) is 7.67. The Morgan fingerprint density at radius 2 is 1.74 bits per heavy atom. The van der Waals surface area contributed by atoms with Gasteiger partial charge in [0.05, 0.1) is 13.7 Å². The van der Waals surface area contributed by atoms with Gasteiger partial charge in [-0.3, -0.25) is 14.5 Å². The maximum atomic E-state index is 12.9. The third-order valence-corrected chi connectivity index (χ3v) is 5.95. The molecule has 2 amide bonds. The molecule has 2 saturated heterocycles. The number of nitrogens with two attached hydrogens (primary N) is 1. The molecule has 3 rings (SSSR count). The summed E-state index contributed by atoms with van der Waals surface area (Å²) in [7, 11) is 1.67. The van der Waals surface area contributed by atoms with E-state index in [4.69, 9.17) is 10.5 Å². The van der Waals surface area contributed by atoms with Crippen LogP contribution in [-0.4, -0.2) is 54.9 Å². The highest BCUT2D eigenvalue weighted by molar-refractivity contribution is 5.80. The van der Waals surface area contributed by atoms with Crippen molar-refractivity contribution in [2.45, 2.75) is 44.6 Å². The molecule has 0 saturated carbocycles. The van der Waals surface area contributed by atoms with E-state index in [2.05, 4.69) is 17.0 Å². The van der Waals surface area contributed by atoms with Gasteiger partial charge in [-0.2, -0.15) is 0 Å². The van der Waals surface area contributed by atoms with Gasteiger partial charge in [-0.1, -0.05) is 25.0 Å². The quantitative estimate of drug-likeness (QED) is 0.859. The summed E-state index contributed by atoms with van der Waals surface area (Å²) in [6, 6.07) is 8.49. The molecule has 0 aromatic heterocycles. The van der Waals surface area contributed by atoms with Gasteiger partial charge < -0.3 is 15.4 Å². The fraction of sp³-hybridized carbons (Fsp3) is 0.619. The Balaban J connectivity index is 1.64. The molecule has 1 atom stereocenters. The Bertz CT molecular complexity index is 639. The van der Waals surface area contributed by atoms with Crippen LogP contribution >= 0.6 is 0 Å². The summed E-state index contributed by atoms with van der Waals surface area (Å²) in [6.07, 6.45) is 5.96. The van der Waals surface area contributed by atoms with Crippen molar-refractivity contribution in [3.63, 3.8) is 0 Å². The van der Waals surface area contributed by atoms with Gasteiger partial charge in [0.15, 0.2) is 0 Å². The van der Waals surface area contributed by atoms with E-state index in [0.717, 1.165) is 25.1 Å². The fourth-order valence-corrected chi connectivity index (χ4v) is 4.25. The summed E-state index contributed by atoms with van der Waals surface area (Å²) in [5.74, 6) is 0.694. The van der Waals surface area contributed by atoms with Gasteiger partial charge in [-0.05, 0) is 49.9 Å². The van der Waals surface area contributed by atoms with E-state index in [1.54, 1.807) is 7.11 Å². The predicted octanol–water partition coefficient (Wildman–Crippen LogP) is 2.34. The van der Waals surface area contributed by atoms with Crippen LogP contribution in [0.1, 0.15) is 50.1 Å². The maximum absolute atomic E-state index is 12.9. The van der Waals surface area contributed by atoms with Gasteiger partial charge in [0, 0.05) is 25.0 Å². The van der Waals surface area contributed by atoms with Crippen LogP contribution in [0.3, 0.4) is 0 Å². The Kier molecular flexibility index (Phi) is 6.72. The number of ether oxygens (including phenoxy) is 1. The van der Waals surface area contributed by atoms with Gasteiger partial charge in [0.25, 0.3) is 0 Å². The highest BCUT2D eigenvalue weighted by Gasteiger charge is 2.29. The molecule has 6 nitrogen and oxygen atoms in total. The molecule has 2 aliphatic heterocycles. The molecule has 2 aliphatic rings. The van der Waals surface area contributed by atoms with Gasteiger partial charge in [0.2, 0.25) is 11.8 Å². The summed E-state index contributed by atoms with van der Waals surface area (Å²) >= 11 is 0. The number of methoxy groups -OCH3 is 1. The summed E-state index contributed by atoms with van der Waals surface area (Å²) in [5.41, 5.74) is 6.65. The van der Waals surface area contributed by atoms with Crippen LogP contribution in [0.2, 0.25) is 0 Å². The third-order valence-electron chi connectivity index (χ3n) is 5.95. The molecule has 6 heteroatoms. The zero-order valence-corrected chi connectivity index (χ0v) is 16.2. The van der Waals surface area contributed by atoms with Crippen molar-refractivity contribution in [1.82, 2.24) is 9.80 Å². The topological polar surface area (TPSA) is 75.9 Å². The lowest BCUT2D eigenvalue weighted by Crippen LogP contribution is -2.46. The molecule has 1 aromatic rings. The number of carbonyl (C=O) groups is 2. The Labute approximate surface area is 161 Å². The van der Waals surface area contributed by atoms with Crippen molar-refractivity contribution in [2.75, 3.05) is 33.3 Å². The molecular weight excluding hydrogens is 342 g/mol. The minimum Gasteiger partial charge on any atom is -0.497 e. The number of amides is 2. The van der Waals surface area contributed by atoms with Crippen LogP contribution in [0.25, 0.3) is 0 Å². The van der Waals surface area contributed by atoms with E-state index in [9.17, 15) is 9.59 Å². The van der Waals surface area contributed by atoms with E-state index in [-0.39, 0.29) is 23.8 Å². The average Bonchev–Trinajstić information content (AvgIpc) is 2.93. The molecule has 1 unspecified atom stereocenters. The number of primary amides is 1.